The number of halogens is 3. The molecule has 1 fully saturated rings. The first kappa shape index (κ1) is 31.3. The number of fused-ring (bicyclic) bond motifs is 2. The molecule has 7 nitrogen and oxygen atoms in total. The van der Waals surface area contributed by atoms with Gasteiger partial charge < -0.3 is 18.9 Å². The second kappa shape index (κ2) is 12.2. The van der Waals surface area contributed by atoms with Crippen LogP contribution in [0.2, 0.25) is 0 Å². The van der Waals surface area contributed by atoms with Crippen LogP contribution in [0.4, 0.5) is 13.2 Å². The molecule has 1 saturated heterocycles. The molecule has 0 saturated carbocycles. The van der Waals surface area contributed by atoms with Gasteiger partial charge in [0.1, 0.15) is 33.2 Å². The number of ether oxygens (including phenoxy) is 4. The molecule has 0 spiro atoms. The molecule has 45 heavy (non-hydrogen) atoms. The lowest BCUT2D eigenvalue weighted by Crippen LogP contribution is -2.26. The van der Waals surface area contributed by atoms with Crippen molar-refractivity contribution in [1.82, 2.24) is 0 Å². The first-order valence-corrected chi connectivity index (χ1v) is 16.9. The molecule has 2 aliphatic heterocycles. The predicted molar refractivity (Wildman–Crippen MR) is 161 cm³/mol. The zero-order valence-corrected chi connectivity index (χ0v) is 25.9. The van der Waals surface area contributed by atoms with Crippen LogP contribution in [-0.4, -0.2) is 46.2 Å². The van der Waals surface area contributed by atoms with Crippen LogP contribution in [0.25, 0.3) is 11.1 Å². The number of methoxy groups -OCH3 is 1. The van der Waals surface area contributed by atoms with Gasteiger partial charge in [0.2, 0.25) is 0 Å². The summed E-state index contributed by atoms with van der Waals surface area (Å²) in [6, 6.07) is 13.1. The van der Waals surface area contributed by atoms with Crippen molar-refractivity contribution in [2.24, 2.45) is 5.92 Å². The van der Waals surface area contributed by atoms with Crippen molar-refractivity contribution >= 4 is 15.8 Å². The molecule has 0 amide bonds. The summed E-state index contributed by atoms with van der Waals surface area (Å²) in [7, 11) is -1.62. The van der Waals surface area contributed by atoms with Crippen LogP contribution < -0.4 is 14.2 Å². The van der Waals surface area contributed by atoms with Crippen LogP contribution in [0.5, 0.6) is 17.2 Å². The Balaban J connectivity index is 1.23. The van der Waals surface area contributed by atoms with Crippen molar-refractivity contribution in [1.29, 1.82) is 0 Å². The Morgan fingerprint density at radius 2 is 1.71 bits per heavy atom. The van der Waals surface area contributed by atoms with Gasteiger partial charge in [-0.15, -0.1) is 0 Å². The van der Waals surface area contributed by atoms with E-state index in [1.807, 2.05) is 19.1 Å². The maximum Gasteiger partial charge on any atom is 0.416 e. The molecule has 1 aliphatic carbocycles. The zero-order valence-electron chi connectivity index (χ0n) is 25.1. The standard InChI is InChI=1S/C34H35F3O7S/c1-20-13-24(42-18-21-9-11-45(39,40)12-10-21)3-5-26(20)29-15-23(34(35,36)37)16-30-28(29)7-8-31(30)44-25-4-6-27-22(14-33(38)41-2)19-43-32(27)17-25/h3-6,13,15-17,21-22,31H,7-12,14,18-19H2,1-2H3. The number of carbonyl (C=O) groups excluding carboxylic acids is 1. The normalized spacial score (nSPS) is 20.6. The third kappa shape index (κ3) is 6.78. The molecule has 11 heteroatoms. The van der Waals surface area contributed by atoms with Gasteiger partial charge in [-0.1, -0.05) is 12.1 Å². The fourth-order valence-electron chi connectivity index (χ4n) is 6.51. The Morgan fingerprint density at radius 1 is 0.956 bits per heavy atom. The van der Waals surface area contributed by atoms with E-state index < -0.39 is 27.7 Å². The number of hydrogen-bond donors (Lipinski definition) is 0. The lowest BCUT2D eigenvalue weighted by molar-refractivity contribution is -0.141. The van der Waals surface area contributed by atoms with Crippen molar-refractivity contribution in [3.8, 4) is 28.4 Å². The van der Waals surface area contributed by atoms with E-state index in [9.17, 15) is 26.4 Å². The molecule has 0 bridgehead atoms. The van der Waals surface area contributed by atoms with E-state index in [0.29, 0.717) is 72.8 Å². The molecule has 0 radical (unpaired) electrons. The maximum absolute atomic E-state index is 14.2. The summed E-state index contributed by atoms with van der Waals surface area (Å²) in [5, 5.41) is 0. The first-order valence-electron chi connectivity index (χ1n) is 15.1. The molecule has 240 valence electrons. The molecular weight excluding hydrogens is 609 g/mol. The lowest BCUT2D eigenvalue weighted by atomic mass is 9.91. The molecule has 3 aliphatic rings. The van der Waals surface area contributed by atoms with Crippen LogP contribution in [0.3, 0.4) is 0 Å². The van der Waals surface area contributed by atoms with Gasteiger partial charge in [-0.05, 0) is 96.7 Å². The van der Waals surface area contributed by atoms with Crippen molar-refractivity contribution in [3.63, 3.8) is 0 Å². The Morgan fingerprint density at radius 3 is 2.42 bits per heavy atom. The highest BCUT2D eigenvalue weighted by Gasteiger charge is 2.36. The molecule has 0 N–H and O–H groups in total. The number of benzene rings is 3. The number of aryl methyl sites for hydroxylation is 1. The van der Waals surface area contributed by atoms with Gasteiger partial charge in [0, 0.05) is 17.5 Å². The number of rotatable bonds is 8. The Kier molecular flexibility index (Phi) is 8.49. The maximum atomic E-state index is 14.2. The minimum absolute atomic E-state index is 0.128. The highest BCUT2D eigenvalue weighted by molar-refractivity contribution is 7.91. The molecule has 6 rings (SSSR count). The average molecular weight is 645 g/mol. The number of hydrogen-bond acceptors (Lipinski definition) is 7. The van der Waals surface area contributed by atoms with E-state index in [0.717, 1.165) is 16.7 Å². The van der Waals surface area contributed by atoms with Gasteiger partial charge in [0.05, 0.1) is 43.8 Å². The highest BCUT2D eigenvalue weighted by atomic mass is 32.2. The molecule has 3 aromatic rings. The molecular formula is C34H35F3O7S. The summed E-state index contributed by atoms with van der Waals surface area (Å²) in [5.74, 6) is 1.71. The van der Waals surface area contributed by atoms with Crippen molar-refractivity contribution < 1.29 is 45.3 Å². The summed E-state index contributed by atoms with van der Waals surface area (Å²) in [6.45, 7) is 2.58. The molecule has 2 unspecified atom stereocenters. The largest absolute Gasteiger partial charge is 0.493 e. The van der Waals surface area contributed by atoms with Gasteiger partial charge in [0.25, 0.3) is 0 Å². The second-order valence-corrected chi connectivity index (χ2v) is 14.4. The summed E-state index contributed by atoms with van der Waals surface area (Å²) in [4.78, 5) is 11.8. The van der Waals surface area contributed by atoms with E-state index in [1.54, 1.807) is 24.3 Å². The molecule has 0 aromatic heterocycles. The van der Waals surface area contributed by atoms with E-state index in [4.69, 9.17) is 18.9 Å². The van der Waals surface area contributed by atoms with Gasteiger partial charge in [0.15, 0.2) is 0 Å². The first-order chi connectivity index (χ1) is 21.4. The summed E-state index contributed by atoms with van der Waals surface area (Å²) < 4.78 is 88.7. The average Bonchev–Trinajstić information content (AvgIpc) is 3.59. The Hall–Kier alpha value is -3.73. The van der Waals surface area contributed by atoms with Crippen LogP contribution in [0.1, 0.15) is 65.5 Å². The van der Waals surface area contributed by atoms with Crippen molar-refractivity contribution in [2.75, 3.05) is 31.8 Å². The van der Waals surface area contributed by atoms with Crippen LogP contribution in [0.15, 0.2) is 48.5 Å². The lowest BCUT2D eigenvalue weighted by Gasteiger charge is -2.22. The monoisotopic (exact) mass is 644 g/mol. The van der Waals surface area contributed by atoms with Gasteiger partial charge in [-0.3, -0.25) is 4.79 Å². The van der Waals surface area contributed by atoms with Gasteiger partial charge >= 0.3 is 12.1 Å². The summed E-state index contributed by atoms with van der Waals surface area (Å²) in [6.07, 6.45) is -2.73. The summed E-state index contributed by atoms with van der Waals surface area (Å²) >= 11 is 0. The van der Waals surface area contributed by atoms with E-state index >= 15 is 0 Å². The number of alkyl halides is 3. The van der Waals surface area contributed by atoms with Crippen LogP contribution >= 0.6 is 0 Å². The number of carbonyl (C=O) groups is 1. The zero-order chi connectivity index (χ0) is 31.9. The van der Waals surface area contributed by atoms with E-state index in [1.165, 1.54) is 19.2 Å². The smallest absolute Gasteiger partial charge is 0.416 e. The minimum atomic E-state index is -4.54. The number of sulfone groups is 1. The molecule has 2 heterocycles. The Bertz CT molecular complexity index is 1700. The molecule has 3 aromatic carbocycles. The van der Waals surface area contributed by atoms with Gasteiger partial charge in [-0.2, -0.15) is 13.2 Å². The fourth-order valence-corrected chi connectivity index (χ4v) is 8.10. The second-order valence-electron chi connectivity index (χ2n) is 12.1. The quantitative estimate of drug-likeness (QED) is 0.244. The summed E-state index contributed by atoms with van der Waals surface area (Å²) in [5.41, 5.74) is 3.46. The van der Waals surface area contributed by atoms with Crippen LogP contribution in [0, 0.1) is 12.8 Å². The van der Waals surface area contributed by atoms with E-state index in [2.05, 4.69) is 0 Å². The predicted octanol–water partition coefficient (Wildman–Crippen LogP) is 6.99. The van der Waals surface area contributed by atoms with Crippen molar-refractivity contribution in [3.05, 3.63) is 76.3 Å². The third-order valence-electron chi connectivity index (χ3n) is 9.05. The highest BCUT2D eigenvalue weighted by Crippen LogP contribution is 2.46. The number of esters is 1. The van der Waals surface area contributed by atoms with Crippen molar-refractivity contribution in [2.45, 2.75) is 57.2 Å². The topological polar surface area (TPSA) is 88.1 Å². The van der Waals surface area contributed by atoms with E-state index in [-0.39, 0.29) is 35.7 Å². The third-order valence-corrected chi connectivity index (χ3v) is 10.8. The minimum Gasteiger partial charge on any atom is -0.493 e. The molecule has 2 atom stereocenters. The van der Waals surface area contributed by atoms with Gasteiger partial charge in [-0.25, -0.2) is 8.42 Å². The Labute approximate surface area is 260 Å². The van der Waals surface area contributed by atoms with Crippen LogP contribution in [-0.2, 0) is 32.0 Å². The SMILES string of the molecule is COC(=O)CC1COc2cc(OC3CCc4c(-c5ccc(OCC6CCS(=O)(=O)CC6)cc5C)cc(C(F)(F)F)cc43)ccc21. The fraction of sp³-hybridized carbons (Fsp3) is 0.441.